The van der Waals surface area contributed by atoms with Crippen molar-refractivity contribution < 1.29 is 24.5 Å². The molecule has 0 amide bonds. The largest absolute Gasteiger partial charge is 0.478 e. The number of aliphatic carboxylic acids is 2. The topological polar surface area (TPSA) is 122 Å². The molecule has 1 heterocycles. The van der Waals surface area contributed by atoms with Crippen LogP contribution >= 0.6 is 11.6 Å². The molecule has 25 heavy (non-hydrogen) atoms. The van der Waals surface area contributed by atoms with Crippen LogP contribution in [0.15, 0.2) is 46.8 Å². The van der Waals surface area contributed by atoms with Crippen LogP contribution in [0, 0.1) is 0 Å². The van der Waals surface area contributed by atoms with Crippen LogP contribution in [-0.2, 0) is 14.3 Å². The van der Waals surface area contributed by atoms with Crippen LogP contribution in [0.5, 0.6) is 0 Å². The van der Waals surface area contributed by atoms with Gasteiger partial charge in [-0.2, -0.15) is 0 Å². The molecule has 1 atom stereocenters. The number of carboxylic acid groups (broad SMARTS) is 2. The van der Waals surface area contributed by atoms with Crippen molar-refractivity contribution in [2.24, 2.45) is 5.73 Å². The van der Waals surface area contributed by atoms with Gasteiger partial charge in [-0.15, -0.1) is 0 Å². The van der Waals surface area contributed by atoms with Gasteiger partial charge in [0.05, 0.1) is 36.0 Å². The van der Waals surface area contributed by atoms with E-state index in [1.54, 1.807) is 31.2 Å². The molecule has 0 aromatic heterocycles. The van der Waals surface area contributed by atoms with Crippen molar-refractivity contribution in [2.75, 3.05) is 19.8 Å². The van der Waals surface area contributed by atoms with Gasteiger partial charge < -0.3 is 26.0 Å². The van der Waals surface area contributed by atoms with Crippen LogP contribution in [0.2, 0.25) is 5.02 Å². The van der Waals surface area contributed by atoms with Crippen molar-refractivity contribution in [3.05, 3.63) is 57.4 Å². The summed E-state index contributed by atoms with van der Waals surface area (Å²) in [5.41, 5.74) is 6.26. The lowest BCUT2D eigenvalue weighted by atomic mass is 9.80. The van der Waals surface area contributed by atoms with Gasteiger partial charge >= 0.3 is 11.9 Å². The van der Waals surface area contributed by atoms with E-state index in [0.29, 0.717) is 22.8 Å². The summed E-state index contributed by atoms with van der Waals surface area (Å²) in [4.78, 5) is 23.7. The molecule has 7 nitrogen and oxygen atoms in total. The molecule has 8 heteroatoms. The number of benzene rings is 1. The van der Waals surface area contributed by atoms with E-state index in [9.17, 15) is 19.8 Å². The Morgan fingerprint density at radius 3 is 2.44 bits per heavy atom. The van der Waals surface area contributed by atoms with E-state index in [4.69, 9.17) is 22.1 Å². The third-order valence-corrected chi connectivity index (χ3v) is 4.17. The van der Waals surface area contributed by atoms with Gasteiger partial charge in [0, 0.05) is 17.3 Å². The van der Waals surface area contributed by atoms with Crippen LogP contribution in [0.4, 0.5) is 0 Å². The van der Waals surface area contributed by atoms with Crippen LogP contribution in [0.1, 0.15) is 18.4 Å². The Balaban J connectivity index is 2.63. The Morgan fingerprint density at radius 1 is 1.24 bits per heavy atom. The maximum absolute atomic E-state index is 11.9. The molecule has 1 aliphatic rings. The summed E-state index contributed by atoms with van der Waals surface area (Å²) >= 11 is 6.22. The predicted molar refractivity (Wildman–Crippen MR) is 92.2 cm³/mol. The molecule has 0 saturated carbocycles. The van der Waals surface area contributed by atoms with Gasteiger partial charge in [-0.3, -0.25) is 0 Å². The highest BCUT2D eigenvalue weighted by Crippen LogP contribution is 2.40. The number of dihydropyridines is 1. The van der Waals surface area contributed by atoms with Crippen LogP contribution in [0.25, 0.3) is 0 Å². The number of halogens is 1. The molecule has 1 aromatic carbocycles. The highest BCUT2D eigenvalue weighted by Gasteiger charge is 2.38. The first-order valence-electron chi connectivity index (χ1n) is 7.58. The smallest absolute Gasteiger partial charge is 0.334 e. The number of carbonyl (C=O) groups is 2. The summed E-state index contributed by atoms with van der Waals surface area (Å²) in [6.07, 6.45) is 0. The minimum Gasteiger partial charge on any atom is -0.478 e. The predicted octanol–water partition coefficient (Wildman–Crippen LogP) is 1.70. The van der Waals surface area contributed by atoms with E-state index in [1.165, 1.54) is 0 Å². The van der Waals surface area contributed by atoms with Gasteiger partial charge in [0.15, 0.2) is 0 Å². The monoisotopic (exact) mass is 366 g/mol. The number of carboxylic acids is 2. The standard InChI is InChI=1S/C17H19ClN2O5/c1-9-13(16(21)22)14(10-4-2-3-5-11(10)18)15(17(23)24)12(20-9)8-25-7-6-19/h2-5,14,20H,6-8,19H2,1H3,(H,21,22)(H,23,24)/t14-/m1/s1. The highest BCUT2D eigenvalue weighted by molar-refractivity contribution is 6.31. The number of hydrogen-bond acceptors (Lipinski definition) is 5. The van der Waals surface area contributed by atoms with E-state index >= 15 is 0 Å². The second kappa shape index (κ2) is 8.15. The number of hydrogen-bond donors (Lipinski definition) is 4. The molecule has 5 N–H and O–H groups in total. The van der Waals surface area contributed by atoms with Crippen LogP contribution in [-0.4, -0.2) is 41.9 Å². The molecule has 0 unspecified atom stereocenters. The summed E-state index contributed by atoms with van der Waals surface area (Å²) in [6, 6.07) is 6.59. The molecular formula is C17H19ClN2O5. The fraction of sp³-hybridized carbons (Fsp3) is 0.294. The fourth-order valence-corrected chi connectivity index (χ4v) is 3.07. The zero-order valence-electron chi connectivity index (χ0n) is 13.6. The van der Waals surface area contributed by atoms with Crippen molar-refractivity contribution in [3.8, 4) is 0 Å². The van der Waals surface area contributed by atoms with Gasteiger partial charge in [-0.25, -0.2) is 9.59 Å². The maximum atomic E-state index is 11.9. The van der Waals surface area contributed by atoms with Crippen LogP contribution in [0.3, 0.4) is 0 Å². The SMILES string of the molecule is CC1=C(C(=O)O)[C@@H](c2ccccc2Cl)C(C(=O)O)=C(COCCN)N1. The van der Waals surface area contributed by atoms with Crippen molar-refractivity contribution in [3.63, 3.8) is 0 Å². The zero-order chi connectivity index (χ0) is 18.6. The lowest BCUT2D eigenvalue weighted by Crippen LogP contribution is -2.34. The van der Waals surface area contributed by atoms with Crippen molar-refractivity contribution in [2.45, 2.75) is 12.8 Å². The van der Waals surface area contributed by atoms with Crippen molar-refractivity contribution >= 4 is 23.5 Å². The average Bonchev–Trinajstić information content (AvgIpc) is 2.54. The summed E-state index contributed by atoms with van der Waals surface area (Å²) < 4.78 is 5.35. The summed E-state index contributed by atoms with van der Waals surface area (Å²) in [5.74, 6) is -3.47. The lowest BCUT2D eigenvalue weighted by molar-refractivity contribution is -0.133. The molecular weight excluding hydrogens is 348 g/mol. The minimum atomic E-state index is -1.24. The Hall–Kier alpha value is -2.35. The fourth-order valence-electron chi connectivity index (χ4n) is 2.82. The zero-order valence-corrected chi connectivity index (χ0v) is 14.3. The van der Waals surface area contributed by atoms with E-state index < -0.39 is 17.9 Å². The Bertz CT molecular complexity index is 757. The molecule has 0 spiro atoms. The number of allylic oxidation sites excluding steroid dienone is 1. The third kappa shape index (κ3) is 4.01. The number of nitrogens with one attached hydrogen (secondary N) is 1. The number of rotatable bonds is 7. The quantitative estimate of drug-likeness (QED) is 0.542. The maximum Gasteiger partial charge on any atom is 0.334 e. The molecule has 0 saturated heterocycles. The molecule has 0 bridgehead atoms. The average molecular weight is 367 g/mol. The molecule has 0 fully saturated rings. The lowest BCUT2D eigenvalue weighted by Gasteiger charge is -2.30. The Labute approximate surface area is 149 Å². The molecule has 1 aliphatic heterocycles. The Morgan fingerprint density at radius 2 is 1.88 bits per heavy atom. The first-order valence-corrected chi connectivity index (χ1v) is 7.95. The summed E-state index contributed by atoms with van der Waals surface area (Å²) in [5, 5.41) is 22.5. The first-order chi connectivity index (χ1) is 11.9. The third-order valence-electron chi connectivity index (χ3n) is 3.83. The number of nitrogens with two attached hydrogens (primary N) is 1. The molecule has 1 aromatic rings. The van der Waals surface area contributed by atoms with E-state index in [1.807, 2.05) is 0 Å². The first kappa shape index (κ1) is 19.0. The van der Waals surface area contributed by atoms with Crippen molar-refractivity contribution in [1.82, 2.24) is 5.32 Å². The Kier molecular flexibility index (Phi) is 6.19. The van der Waals surface area contributed by atoms with Gasteiger partial charge in [-0.1, -0.05) is 29.8 Å². The van der Waals surface area contributed by atoms with Crippen LogP contribution < -0.4 is 11.1 Å². The summed E-state index contributed by atoms with van der Waals surface area (Å²) in [6.45, 7) is 2.10. The van der Waals surface area contributed by atoms with Gasteiger partial charge in [0.25, 0.3) is 0 Å². The van der Waals surface area contributed by atoms with E-state index in [-0.39, 0.29) is 30.1 Å². The second-order valence-corrected chi connectivity index (χ2v) is 5.87. The van der Waals surface area contributed by atoms with Gasteiger partial charge in [0.1, 0.15) is 0 Å². The molecule has 0 aliphatic carbocycles. The minimum absolute atomic E-state index is 0.0238. The van der Waals surface area contributed by atoms with E-state index in [2.05, 4.69) is 5.32 Å². The summed E-state index contributed by atoms with van der Waals surface area (Å²) in [7, 11) is 0. The van der Waals surface area contributed by atoms with Gasteiger partial charge in [-0.05, 0) is 18.6 Å². The number of ether oxygens (including phenoxy) is 1. The highest BCUT2D eigenvalue weighted by atomic mass is 35.5. The molecule has 0 radical (unpaired) electrons. The van der Waals surface area contributed by atoms with E-state index in [0.717, 1.165) is 0 Å². The molecule has 2 rings (SSSR count). The van der Waals surface area contributed by atoms with Gasteiger partial charge in [0.2, 0.25) is 0 Å². The molecule has 134 valence electrons. The normalized spacial score (nSPS) is 17.5. The van der Waals surface area contributed by atoms with Crippen molar-refractivity contribution in [1.29, 1.82) is 0 Å². The second-order valence-electron chi connectivity index (χ2n) is 5.46.